The van der Waals surface area contributed by atoms with Crippen molar-refractivity contribution >= 4 is 11.5 Å². The van der Waals surface area contributed by atoms with E-state index >= 15 is 0 Å². The van der Waals surface area contributed by atoms with Crippen molar-refractivity contribution in [3.63, 3.8) is 0 Å². The Bertz CT molecular complexity index is 614. The Balaban J connectivity index is 1.78. The van der Waals surface area contributed by atoms with Crippen LogP contribution in [-0.2, 0) is 6.54 Å². The largest absolute Gasteiger partial charge is 0.454 e. The van der Waals surface area contributed by atoms with Crippen LogP contribution < -0.4 is 20.5 Å². The van der Waals surface area contributed by atoms with Crippen LogP contribution in [-0.4, -0.2) is 11.8 Å². The van der Waals surface area contributed by atoms with Crippen LogP contribution in [0.5, 0.6) is 11.5 Å². The number of benzene rings is 1. The standard InChI is InChI=1S/C14H15N3O2/c1-9-5-11(15)7-17-14(9)16-6-10-3-2-4-12-13(10)19-8-18-12/h2-5,7H,6,8,15H2,1H3,(H,16,17). The lowest BCUT2D eigenvalue weighted by Gasteiger charge is -2.10. The Morgan fingerprint density at radius 2 is 2.26 bits per heavy atom. The molecule has 0 amide bonds. The zero-order valence-corrected chi connectivity index (χ0v) is 10.6. The number of anilines is 2. The van der Waals surface area contributed by atoms with Crippen LogP contribution >= 0.6 is 0 Å². The molecule has 1 aliphatic heterocycles. The molecule has 1 aromatic heterocycles. The molecular formula is C14H15N3O2. The van der Waals surface area contributed by atoms with Crippen LogP contribution in [0, 0.1) is 6.92 Å². The number of hydrogen-bond acceptors (Lipinski definition) is 5. The summed E-state index contributed by atoms with van der Waals surface area (Å²) in [6, 6.07) is 7.75. The molecule has 5 heteroatoms. The Morgan fingerprint density at radius 3 is 3.11 bits per heavy atom. The molecular weight excluding hydrogens is 242 g/mol. The number of para-hydroxylation sites is 1. The number of nitrogens with one attached hydrogen (secondary N) is 1. The van der Waals surface area contributed by atoms with E-state index in [2.05, 4.69) is 10.3 Å². The number of nitrogen functional groups attached to an aromatic ring is 1. The quantitative estimate of drug-likeness (QED) is 0.883. The summed E-state index contributed by atoms with van der Waals surface area (Å²) in [5.41, 5.74) is 8.42. The molecule has 3 rings (SSSR count). The summed E-state index contributed by atoms with van der Waals surface area (Å²) < 4.78 is 10.8. The van der Waals surface area contributed by atoms with Crippen LogP contribution in [0.4, 0.5) is 11.5 Å². The molecule has 5 nitrogen and oxygen atoms in total. The van der Waals surface area contributed by atoms with Gasteiger partial charge in [0.1, 0.15) is 5.82 Å². The fourth-order valence-electron chi connectivity index (χ4n) is 2.09. The van der Waals surface area contributed by atoms with Crippen molar-refractivity contribution < 1.29 is 9.47 Å². The molecule has 98 valence electrons. The molecule has 0 aliphatic carbocycles. The molecule has 0 atom stereocenters. The van der Waals surface area contributed by atoms with E-state index in [0.29, 0.717) is 12.2 Å². The van der Waals surface area contributed by atoms with E-state index in [1.807, 2.05) is 31.2 Å². The lowest BCUT2D eigenvalue weighted by atomic mass is 10.2. The fourth-order valence-corrected chi connectivity index (χ4v) is 2.09. The second-order valence-corrected chi connectivity index (χ2v) is 4.44. The first kappa shape index (κ1) is 11.6. The lowest BCUT2D eigenvalue weighted by Crippen LogP contribution is -2.04. The molecule has 0 bridgehead atoms. The van der Waals surface area contributed by atoms with Gasteiger partial charge in [0.2, 0.25) is 6.79 Å². The summed E-state index contributed by atoms with van der Waals surface area (Å²) in [5, 5.41) is 3.28. The van der Waals surface area contributed by atoms with E-state index in [4.69, 9.17) is 15.2 Å². The normalized spacial score (nSPS) is 12.5. The minimum absolute atomic E-state index is 0.283. The van der Waals surface area contributed by atoms with Gasteiger partial charge in [-0.1, -0.05) is 12.1 Å². The first-order valence-electron chi connectivity index (χ1n) is 6.07. The maximum absolute atomic E-state index is 5.68. The second kappa shape index (κ2) is 4.68. The van der Waals surface area contributed by atoms with Crippen molar-refractivity contribution in [1.82, 2.24) is 4.98 Å². The van der Waals surface area contributed by atoms with Gasteiger partial charge in [0.15, 0.2) is 11.5 Å². The zero-order valence-electron chi connectivity index (χ0n) is 10.6. The summed E-state index contributed by atoms with van der Waals surface area (Å²) >= 11 is 0. The molecule has 19 heavy (non-hydrogen) atoms. The zero-order chi connectivity index (χ0) is 13.2. The highest BCUT2D eigenvalue weighted by molar-refractivity contribution is 5.53. The van der Waals surface area contributed by atoms with Crippen LogP contribution in [0.1, 0.15) is 11.1 Å². The first-order chi connectivity index (χ1) is 9.24. The predicted octanol–water partition coefficient (Wildman–Crippen LogP) is 2.31. The Hall–Kier alpha value is -2.43. The third kappa shape index (κ3) is 2.27. The molecule has 0 spiro atoms. The van der Waals surface area contributed by atoms with E-state index in [1.54, 1.807) is 6.20 Å². The predicted molar refractivity (Wildman–Crippen MR) is 73.3 cm³/mol. The number of aryl methyl sites for hydroxylation is 1. The summed E-state index contributed by atoms with van der Waals surface area (Å²) in [5.74, 6) is 2.43. The second-order valence-electron chi connectivity index (χ2n) is 4.44. The van der Waals surface area contributed by atoms with E-state index in [-0.39, 0.29) is 6.79 Å². The van der Waals surface area contributed by atoms with Gasteiger partial charge in [-0.2, -0.15) is 0 Å². The van der Waals surface area contributed by atoms with Crippen LogP contribution in [0.25, 0.3) is 0 Å². The average molecular weight is 257 g/mol. The van der Waals surface area contributed by atoms with Crippen molar-refractivity contribution in [3.05, 3.63) is 41.6 Å². The average Bonchev–Trinajstić information content (AvgIpc) is 2.86. The van der Waals surface area contributed by atoms with Gasteiger partial charge in [0, 0.05) is 12.1 Å². The van der Waals surface area contributed by atoms with Gasteiger partial charge in [0.05, 0.1) is 11.9 Å². The van der Waals surface area contributed by atoms with Gasteiger partial charge in [-0.05, 0) is 24.6 Å². The van der Waals surface area contributed by atoms with E-state index in [9.17, 15) is 0 Å². The maximum Gasteiger partial charge on any atom is 0.231 e. The summed E-state index contributed by atoms with van der Waals surface area (Å²) in [4.78, 5) is 4.28. The number of rotatable bonds is 3. The van der Waals surface area contributed by atoms with Crippen LogP contribution in [0.15, 0.2) is 30.5 Å². The molecule has 1 aliphatic rings. The summed E-state index contributed by atoms with van der Waals surface area (Å²) in [7, 11) is 0. The number of pyridine rings is 1. The van der Waals surface area contributed by atoms with Crippen molar-refractivity contribution in [2.75, 3.05) is 17.8 Å². The molecule has 0 unspecified atom stereocenters. The topological polar surface area (TPSA) is 69.4 Å². The van der Waals surface area contributed by atoms with Crippen molar-refractivity contribution in [1.29, 1.82) is 0 Å². The van der Waals surface area contributed by atoms with Gasteiger partial charge >= 0.3 is 0 Å². The smallest absolute Gasteiger partial charge is 0.231 e. The van der Waals surface area contributed by atoms with Gasteiger partial charge < -0.3 is 20.5 Å². The van der Waals surface area contributed by atoms with Gasteiger partial charge in [-0.3, -0.25) is 0 Å². The number of hydrogen-bond donors (Lipinski definition) is 2. The van der Waals surface area contributed by atoms with Crippen molar-refractivity contribution in [2.24, 2.45) is 0 Å². The minimum Gasteiger partial charge on any atom is -0.454 e. The number of nitrogens with zero attached hydrogens (tertiary/aromatic N) is 1. The SMILES string of the molecule is Cc1cc(N)cnc1NCc1cccc2c1OCO2. The maximum atomic E-state index is 5.68. The molecule has 2 heterocycles. The highest BCUT2D eigenvalue weighted by Gasteiger charge is 2.16. The van der Waals surface area contributed by atoms with E-state index in [1.165, 1.54) is 0 Å². The number of ether oxygens (including phenoxy) is 2. The van der Waals surface area contributed by atoms with Gasteiger partial charge in [-0.25, -0.2) is 4.98 Å². The van der Waals surface area contributed by atoms with Crippen LogP contribution in [0.2, 0.25) is 0 Å². The van der Waals surface area contributed by atoms with Gasteiger partial charge in [-0.15, -0.1) is 0 Å². The molecule has 0 saturated carbocycles. The Kier molecular flexibility index (Phi) is 2.87. The highest BCUT2D eigenvalue weighted by Crippen LogP contribution is 2.35. The van der Waals surface area contributed by atoms with E-state index < -0.39 is 0 Å². The minimum atomic E-state index is 0.283. The molecule has 0 radical (unpaired) electrons. The van der Waals surface area contributed by atoms with Crippen molar-refractivity contribution in [2.45, 2.75) is 13.5 Å². The summed E-state index contributed by atoms with van der Waals surface area (Å²) in [6.07, 6.45) is 1.64. The molecule has 3 N–H and O–H groups in total. The summed E-state index contributed by atoms with van der Waals surface area (Å²) in [6.45, 7) is 2.89. The lowest BCUT2D eigenvalue weighted by molar-refractivity contribution is 0.173. The molecule has 0 saturated heterocycles. The molecule has 0 fully saturated rings. The van der Waals surface area contributed by atoms with Crippen molar-refractivity contribution in [3.8, 4) is 11.5 Å². The molecule has 1 aromatic carbocycles. The first-order valence-corrected chi connectivity index (χ1v) is 6.07. The highest BCUT2D eigenvalue weighted by atomic mass is 16.7. The number of nitrogens with two attached hydrogens (primary N) is 1. The number of fused-ring (bicyclic) bond motifs is 1. The molecule has 2 aromatic rings. The Morgan fingerprint density at radius 1 is 1.37 bits per heavy atom. The number of aromatic nitrogens is 1. The fraction of sp³-hybridized carbons (Fsp3) is 0.214. The third-order valence-corrected chi connectivity index (χ3v) is 3.02. The van der Waals surface area contributed by atoms with Gasteiger partial charge in [0.25, 0.3) is 0 Å². The Labute approximate surface area is 111 Å². The van der Waals surface area contributed by atoms with Crippen LogP contribution in [0.3, 0.4) is 0 Å². The monoisotopic (exact) mass is 257 g/mol. The third-order valence-electron chi connectivity index (χ3n) is 3.02. The van der Waals surface area contributed by atoms with E-state index in [0.717, 1.165) is 28.4 Å².